The zero-order valence-electron chi connectivity index (χ0n) is 20.4. The van der Waals surface area contributed by atoms with Crippen molar-refractivity contribution in [3.63, 3.8) is 0 Å². The van der Waals surface area contributed by atoms with Crippen molar-refractivity contribution in [2.45, 2.75) is 86.5 Å². The fourth-order valence-corrected chi connectivity index (χ4v) is 3.82. The van der Waals surface area contributed by atoms with Crippen molar-refractivity contribution in [1.29, 1.82) is 0 Å². The molecule has 2 heterocycles. The molecule has 0 N–H and O–H groups in total. The summed E-state index contributed by atoms with van der Waals surface area (Å²) in [5, 5.41) is 8.57. The summed E-state index contributed by atoms with van der Waals surface area (Å²) in [4.78, 5) is 2.04. The van der Waals surface area contributed by atoms with Crippen molar-refractivity contribution in [2.75, 3.05) is 6.61 Å². The third-order valence-corrected chi connectivity index (χ3v) is 5.87. The Kier molecular flexibility index (Phi) is 10.1. The van der Waals surface area contributed by atoms with Gasteiger partial charge >= 0.3 is 0 Å². The molecule has 0 radical (unpaired) electrons. The van der Waals surface area contributed by atoms with Crippen molar-refractivity contribution >= 4 is 5.70 Å². The summed E-state index contributed by atoms with van der Waals surface area (Å²) >= 11 is 0. The van der Waals surface area contributed by atoms with Gasteiger partial charge in [0.15, 0.2) is 0 Å². The van der Waals surface area contributed by atoms with Crippen molar-refractivity contribution in [1.82, 2.24) is 15.1 Å². The maximum absolute atomic E-state index is 6.21. The van der Waals surface area contributed by atoms with Crippen LogP contribution < -0.4 is 0 Å². The minimum absolute atomic E-state index is 0.338. The van der Waals surface area contributed by atoms with Crippen LogP contribution in [0.4, 0.5) is 0 Å². The van der Waals surface area contributed by atoms with Crippen LogP contribution in [0.3, 0.4) is 0 Å². The zero-order chi connectivity index (χ0) is 22.8. The van der Waals surface area contributed by atoms with Gasteiger partial charge in [-0.1, -0.05) is 60.5 Å². The van der Waals surface area contributed by atoms with Crippen molar-refractivity contribution in [3.8, 4) is 0 Å². The first-order valence-corrected chi connectivity index (χ1v) is 12.0. The molecular formula is C26H41N3O2. The fourth-order valence-electron chi connectivity index (χ4n) is 3.82. The van der Waals surface area contributed by atoms with Gasteiger partial charge in [0.05, 0.1) is 12.3 Å². The quantitative estimate of drug-likeness (QED) is 0.437. The number of ether oxygens (including phenoxy) is 1. The van der Waals surface area contributed by atoms with Gasteiger partial charge in [0.2, 0.25) is 5.89 Å². The summed E-state index contributed by atoms with van der Waals surface area (Å²) in [6.07, 6.45) is 14.3. The van der Waals surface area contributed by atoms with Gasteiger partial charge in [-0.25, -0.2) is 0 Å². The maximum atomic E-state index is 6.21. The van der Waals surface area contributed by atoms with E-state index >= 15 is 0 Å². The highest BCUT2D eigenvalue weighted by atomic mass is 16.5. The predicted molar refractivity (Wildman–Crippen MR) is 128 cm³/mol. The van der Waals surface area contributed by atoms with Gasteiger partial charge in [-0.15, -0.1) is 10.2 Å². The number of aromatic nitrogens is 2. The van der Waals surface area contributed by atoms with E-state index in [1.165, 1.54) is 37.7 Å². The summed E-state index contributed by atoms with van der Waals surface area (Å²) in [5.74, 6) is 3.02. The number of rotatable bonds is 8. The maximum Gasteiger partial charge on any atom is 0.264 e. The highest BCUT2D eigenvalue weighted by Crippen LogP contribution is 2.34. The number of hydrogen-bond donors (Lipinski definition) is 0. The molecule has 0 saturated heterocycles. The highest BCUT2D eigenvalue weighted by molar-refractivity contribution is 5.65. The van der Waals surface area contributed by atoms with E-state index in [2.05, 4.69) is 44.5 Å². The Bertz CT molecular complexity index is 795. The van der Waals surface area contributed by atoms with Crippen LogP contribution in [0.25, 0.3) is 5.70 Å². The summed E-state index contributed by atoms with van der Waals surface area (Å²) in [7, 11) is 0. The zero-order valence-corrected chi connectivity index (χ0v) is 20.4. The van der Waals surface area contributed by atoms with E-state index in [-0.39, 0.29) is 0 Å². The summed E-state index contributed by atoms with van der Waals surface area (Å²) in [6.45, 7) is 17.7. The molecule has 0 spiro atoms. The molecule has 31 heavy (non-hydrogen) atoms. The number of nitrogens with zero attached hydrogens (tertiary/aromatic N) is 3. The topological polar surface area (TPSA) is 51.4 Å². The number of aryl methyl sites for hydroxylation is 1. The minimum Gasteiger partial charge on any atom is -0.491 e. The fraction of sp³-hybridized carbons (Fsp3) is 0.615. The Labute approximate surface area is 189 Å². The lowest BCUT2D eigenvalue weighted by Crippen LogP contribution is -2.23. The molecule has 1 aliphatic heterocycles. The molecule has 1 aromatic rings. The standard InChI is InChI=1S/C24H35N3O2.C2H6/c1-6-11-22-25-26-24(29-22)23(18(4)17(2)3)27-15-10-14-21(19(27)5)28-16-20-12-8-7-9-13-20;1-2/h10,14-15,17,20H,5-9,11-13,16H2,1-4H3;1-2H3/b23-18-;. The first-order valence-electron chi connectivity index (χ1n) is 12.0. The molecule has 1 aliphatic carbocycles. The Morgan fingerprint density at radius 3 is 2.58 bits per heavy atom. The first-order chi connectivity index (χ1) is 15.0. The van der Waals surface area contributed by atoms with Crippen LogP contribution in [0, 0.1) is 11.8 Å². The second-order valence-corrected chi connectivity index (χ2v) is 8.44. The Morgan fingerprint density at radius 1 is 1.23 bits per heavy atom. The molecule has 2 aliphatic rings. The normalized spacial score (nSPS) is 17.8. The van der Waals surface area contributed by atoms with E-state index in [0.29, 0.717) is 23.6 Å². The lowest BCUT2D eigenvalue weighted by molar-refractivity contribution is 0.142. The van der Waals surface area contributed by atoms with Crippen molar-refractivity contribution in [2.24, 2.45) is 11.8 Å². The largest absolute Gasteiger partial charge is 0.491 e. The molecular weight excluding hydrogens is 386 g/mol. The van der Waals surface area contributed by atoms with E-state index in [9.17, 15) is 0 Å². The van der Waals surface area contributed by atoms with Gasteiger partial charge in [0.25, 0.3) is 5.89 Å². The molecule has 0 atom stereocenters. The Balaban J connectivity index is 0.00000166. The highest BCUT2D eigenvalue weighted by Gasteiger charge is 2.26. The van der Waals surface area contributed by atoms with Crippen LogP contribution in [0.2, 0.25) is 0 Å². The van der Waals surface area contributed by atoms with E-state index in [1.54, 1.807) is 0 Å². The van der Waals surface area contributed by atoms with Crippen LogP contribution in [0.1, 0.15) is 91.8 Å². The van der Waals surface area contributed by atoms with E-state index in [1.807, 2.05) is 37.1 Å². The third-order valence-electron chi connectivity index (χ3n) is 5.87. The molecule has 0 amide bonds. The van der Waals surface area contributed by atoms with Crippen LogP contribution in [-0.2, 0) is 11.2 Å². The summed E-state index contributed by atoms with van der Waals surface area (Å²) < 4.78 is 12.2. The molecule has 1 aromatic heterocycles. The average Bonchev–Trinajstić information content (AvgIpc) is 3.24. The summed E-state index contributed by atoms with van der Waals surface area (Å²) in [6, 6.07) is 0. The molecule has 0 bridgehead atoms. The van der Waals surface area contributed by atoms with Crippen LogP contribution in [0.15, 0.2) is 46.4 Å². The second kappa shape index (κ2) is 12.5. The van der Waals surface area contributed by atoms with Crippen molar-refractivity contribution in [3.05, 3.63) is 53.7 Å². The lowest BCUT2D eigenvalue weighted by atomic mass is 9.90. The van der Waals surface area contributed by atoms with E-state index < -0.39 is 0 Å². The molecule has 5 heteroatoms. The molecule has 172 valence electrons. The van der Waals surface area contributed by atoms with Gasteiger partial charge in [-0.2, -0.15) is 0 Å². The van der Waals surface area contributed by atoms with Gasteiger partial charge in [0, 0.05) is 12.6 Å². The van der Waals surface area contributed by atoms with Crippen LogP contribution >= 0.6 is 0 Å². The monoisotopic (exact) mass is 427 g/mol. The molecule has 0 aromatic carbocycles. The van der Waals surface area contributed by atoms with Gasteiger partial charge in [-0.05, 0) is 55.7 Å². The molecule has 1 saturated carbocycles. The van der Waals surface area contributed by atoms with Gasteiger partial charge in [-0.3, -0.25) is 0 Å². The average molecular weight is 428 g/mol. The minimum atomic E-state index is 0.338. The predicted octanol–water partition coefficient (Wildman–Crippen LogP) is 7.26. The smallest absolute Gasteiger partial charge is 0.264 e. The molecule has 0 unspecified atom stereocenters. The molecule has 1 fully saturated rings. The van der Waals surface area contributed by atoms with E-state index in [0.717, 1.165) is 36.6 Å². The number of hydrogen-bond acceptors (Lipinski definition) is 5. The Hall–Kier alpha value is -2.30. The third kappa shape index (κ3) is 6.59. The Morgan fingerprint density at radius 2 is 1.94 bits per heavy atom. The lowest BCUT2D eigenvalue weighted by Gasteiger charge is -2.31. The number of allylic oxidation sites excluding steroid dienone is 3. The second-order valence-electron chi connectivity index (χ2n) is 8.44. The van der Waals surface area contributed by atoms with Gasteiger partial charge in [0.1, 0.15) is 11.5 Å². The van der Waals surface area contributed by atoms with E-state index in [4.69, 9.17) is 9.15 Å². The summed E-state index contributed by atoms with van der Waals surface area (Å²) in [5.41, 5.74) is 2.90. The van der Waals surface area contributed by atoms with Crippen LogP contribution in [-0.4, -0.2) is 21.7 Å². The van der Waals surface area contributed by atoms with Crippen molar-refractivity contribution < 1.29 is 9.15 Å². The molecule has 3 rings (SSSR count). The SMILES string of the molecule is C=C1C(OCC2CCCCC2)=CC=CN1/C(=C(/C)C(C)C)c1nnc(CCC)o1.CC. The molecule has 5 nitrogen and oxygen atoms in total. The van der Waals surface area contributed by atoms with Crippen LogP contribution in [0.5, 0.6) is 0 Å². The van der Waals surface area contributed by atoms with Gasteiger partial charge < -0.3 is 14.1 Å². The first kappa shape index (κ1) is 25.0.